The molecule has 0 atom stereocenters. The van der Waals surface area contributed by atoms with Gasteiger partial charge < -0.3 is 9.88 Å². The fraction of sp³-hybridized carbons (Fsp3) is 0.667. The van der Waals surface area contributed by atoms with Crippen LogP contribution < -0.4 is 10.0 Å². The molecule has 0 bridgehead atoms. The van der Waals surface area contributed by atoms with Crippen LogP contribution in [0.2, 0.25) is 0 Å². The summed E-state index contributed by atoms with van der Waals surface area (Å²) in [6.45, 7) is 4.06. The molecule has 0 amide bonds. The Morgan fingerprint density at radius 3 is 2.48 bits per heavy atom. The van der Waals surface area contributed by atoms with Crippen LogP contribution in [0.1, 0.15) is 26.0 Å². The van der Waals surface area contributed by atoms with Gasteiger partial charge in [-0.2, -0.15) is 13.2 Å². The molecule has 1 rings (SSSR count). The van der Waals surface area contributed by atoms with Crippen LogP contribution in [0.25, 0.3) is 0 Å². The molecule has 0 spiro atoms. The second-order valence-corrected chi connectivity index (χ2v) is 6.35. The van der Waals surface area contributed by atoms with Crippen molar-refractivity contribution < 1.29 is 21.6 Å². The first kappa shape index (κ1) is 18.0. The van der Waals surface area contributed by atoms with Gasteiger partial charge in [-0.3, -0.25) is 0 Å². The number of rotatable bonds is 8. The Balaban J connectivity index is 2.95. The monoisotopic (exact) mass is 327 g/mol. The summed E-state index contributed by atoms with van der Waals surface area (Å²) >= 11 is 0. The number of nitrogens with zero attached hydrogens (tertiary/aromatic N) is 1. The second-order valence-electron chi connectivity index (χ2n) is 4.58. The van der Waals surface area contributed by atoms with Crippen molar-refractivity contribution in [2.45, 2.75) is 44.4 Å². The minimum atomic E-state index is -4.58. The second kappa shape index (κ2) is 7.28. The number of nitrogens with one attached hydrogen (secondary N) is 2. The molecule has 2 N–H and O–H groups in total. The number of alkyl halides is 3. The standard InChI is InChI=1S/C12H20F3N3O2S/c1-3-5-18-8-11(6-10(18)7-16-4-2)21(19,20)17-9-12(13,14)15/h6,8,16-17H,3-5,7,9H2,1-2H3. The highest BCUT2D eigenvalue weighted by atomic mass is 32.2. The minimum Gasteiger partial charge on any atom is -0.349 e. The maximum Gasteiger partial charge on any atom is 0.402 e. The van der Waals surface area contributed by atoms with E-state index < -0.39 is 22.7 Å². The van der Waals surface area contributed by atoms with E-state index in [1.807, 2.05) is 13.8 Å². The predicted molar refractivity (Wildman–Crippen MR) is 73.3 cm³/mol. The van der Waals surface area contributed by atoms with Gasteiger partial charge >= 0.3 is 6.18 Å². The van der Waals surface area contributed by atoms with Gasteiger partial charge in [0.1, 0.15) is 6.54 Å². The van der Waals surface area contributed by atoms with Crippen molar-refractivity contribution in [1.29, 1.82) is 0 Å². The quantitative estimate of drug-likeness (QED) is 0.766. The molecule has 9 heteroatoms. The molecule has 0 saturated heterocycles. The van der Waals surface area contributed by atoms with E-state index in [4.69, 9.17) is 0 Å². The van der Waals surface area contributed by atoms with Crippen LogP contribution in [0.5, 0.6) is 0 Å². The van der Waals surface area contributed by atoms with Crippen molar-refractivity contribution >= 4 is 10.0 Å². The Bertz CT molecular complexity index is 553. The van der Waals surface area contributed by atoms with Crippen LogP contribution in [0.3, 0.4) is 0 Å². The van der Waals surface area contributed by atoms with Gasteiger partial charge in [-0.05, 0) is 19.0 Å². The third-order valence-corrected chi connectivity index (χ3v) is 4.12. The van der Waals surface area contributed by atoms with Crippen molar-refractivity contribution in [1.82, 2.24) is 14.6 Å². The zero-order valence-electron chi connectivity index (χ0n) is 12.0. The Labute approximate surface area is 122 Å². The highest BCUT2D eigenvalue weighted by molar-refractivity contribution is 7.89. The highest BCUT2D eigenvalue weighted by Crippen LogP contribution is 2.18. The highest BCUT2D eigenvalue weighted by Gasteiger charge is 2.30. The first-order valence-corrected chi connectivity index (χ1v) is 8.14. The maximum atomic E-state index is 12.1. The first-order valence-electron chi connectivity index (χ1n) is 6.65. The average Bonchev–Trinajstić information content (AvgIpc) is 2.78. The number of aromatic nitrogens is 1. The third-order valence-electron chi connectivity index (χ3n) is 2.75. The molecule has 0 aliphatic carbocycles. The van der Waals surface area contributed by atoms with Crippen molar-refractivity contribution in [2.24, 2.45) is 0 Å². The van der Waals surface area contributed by atoms with E-state index in [0.717, 1.165) is 12.1 Å². The Morgan fingerprint density at radius 2 is 1.95 bits per heavy atom. The molecule has 122 valence electrons. The molecule has 0 radical (unpaired) electrons. The van der Waals surface area contributed by atoms with Crippen LogP contribution in [0.4, 0.5) is 13.2 Å². The summed E-state index contributed by atoms with van der Waals surface area (Å²) in [7, 11) is -4.16. The molecule has 0 saturated carbocycles. The van der Waals surface area contributed by atoms with E-state index in [1.165, 1.54) is 12.3 Å². The SMILES string of the molecule is CCCn1cc(S(=O)(=O)NCC(F)(F)F)cc1CNCC. The van der Waals surface area contributed by atoms with Gasteiger partial charge in [0.05, 0.1) is 4.90 Å². The van der Waals surface area contributed by atoms with Gasteiger partial charge in [-0.25, -0.2) is 13.1 Å². The molecular formula is C12H20F3N3O2S. The lowest BCUT2D eigenvalue weighted by Gasteiger charge is -2.08. The molecule has 21 heavy (non-hydrogen) atoms. The Hall–Kier alpha value is -1.06. The van der Waals surface area contributed by atoms with Crippen LogP contribution >= 0.6 is 0 Å². The molecule has 1 aromatic heterocycles. The van der Waals surface area contributed by atoms with Crippen LogP contribution in [-0.4, -0.2) is 32.3 Å². The molecule has 0 aliphatic heterocycles. The molecular weight excluding hydrogens is 307 g/mol. The number of halogens is 3. The molecule has 0 unspecified atom stereocenters. The summed E-state index contributed by atoms with van der Waals surface area (Å²) in [5.74, 6) is 0. The fourth-order valence-corrected chi connectivity index (χ4v) is 2.86. The Morgan fingerprint density at radius 1 is 1.29 bits per heavy atom. The number of hydrogen-bond acceptors (Lipinski definition) is 3. The third kappa shape index (κ3) is 5.68. The van der Waals surface area contributed by atoms with E-state index in [-0.39, 0.29) is 4.90 Å². The van der Waals surface area contributed by atoms with Crippen LogP contribution in [-0.2, 0) is 23.1 Å². The smallest absolute Gasteiger partial charge is 0.349 e. The Kier molecular flexibility index (Phi) is 6.24. The fourth-order valence-electron chi connectivity index (χ4n) is 1.78. The van der Waals surface area contributed by atoms with Gasteiger partial charge in [-0.1, -0.05) is 13.8 Å². The van der Waals surface area contributed by atoms with Gasteiger partial charge in [0.2, 0.25) is 10.0 Å². The number of aryl methyl sites for hydroxylation is 1. The van der Waals surface area contributed by atoms with Crippen molar-refractivity contribution in [3.8, 4) is 0 Å². The molecule has 0 fully saturated rings. The summed E-state index contributed by atoms with van der Waals surface area (Å²) in [6.07, 6.45) is -2.41. The summed E-state index contributed by atoms with van der Waals surface area (Å²) in [5.41, 5.74) is 0.728. The van der Waals surface area contributed by atoms with E-state index in [2.05, 4.69) is 5.32 Å². The predicted octanol–water partition coefficient (Wildman–Crippen LogP) is 1.85. The normalized spacial score (nSPS) is 12.8. The van der Waals surface area contributed by atoms with Gasteiger partial charge in [0.15, 0.2) is 0 Å². The van der Waals surface area contributed by atoms with E-state index >= 15 is 0 Å². The zero-order chi connectivity index (χ0) is 16.1. The lowest BCUT2D eigenvalue weighted by Crippen LogP contribution is -2.33. The topological polar surface area (TPSA) is 63.1 Å². The number of sulfonamides is 1. The molecule has 0 aliphatic rings. The lowest BCUT2D eigenvalue weighted by molar-refractivity contribution is -0.121. The lowest BCUT2D eigenvalue weighted by atomic mass is 10.4. The van der Waals surface area contributed by atoms with Gasteiger partial charge in [0.25, 0.3) is 0 Å². The molecule has 1 heterocycles. The maximum absolute atomic E-state index is 12.1. The first-order chi connectivity index (χ1) is 9.69. The largest absolute Gasteiger partial charge is 0.402 e. The molecule has 5 nitrogen and oxygen atoms in total. The van der Waals surface area contributed by atoms with Crippen molar-refractivity contribution in [3.63, 3.8) is 0 Å². The summed E-state index contributed by atoms with van der Waals surface area (Å²) in [6, 6.07) is 1.40. The van der Waals surface area contributed by atoms with E-state index in [9.17, 15) is 21.6 Å². The number of hydrogen-bond donors (Lipinski definition) is 2. The van der Waals surface area contributed by atoms with Crippen LogP contribution in [0.15, 0.2) is 17.2 Å². The molecule has 1 aromatic rings. The summed E-state index contributed by atoms with van der Waals surface area (Å²) < 4.78 is 63.5. The van der Waals surface area contributed by atoms with Gasteiger partial charge in [0, 0.05) is 25.0 Å². The summed E-state index contributed by atoms with van der Waals surface area (Å²) in [5, 5.41) is 3.07. The average molecular weight is 327 g/mol. The zero-order valence-corrected chi connectivity index (χ0v) is 12.8. The summed E-state index contributed by atoms with van der Waals surface area (Å²) in [4.78, 5) is -0.145. The van der Waals surface area contributed by atoms with Crippen molar-refractivity contribution in [2.75, 3.05) is 13.1 Å². The van der Waals surface area contributed by atoms with Gasteiger partial charge in [-0.15, -0.1) is 0 Å². The van der Waals surface area contributed by atoms with Crippen molar-refractivity contribution in [3.05, 3.63) is 18.0 Å². The molecule has 0 aromatic carbocycles. The van der Waals surface area contributed by atoms with E-state index in [0.29, 0.717) is 19.6 Å². The van der Waals surface area contributed by atoms with E-state index in [1.54, 1.807) is 9.29 Å². The van der Waals surface area contributed by atoms with Crippen LogP contribution in [0, 0.1) is 0 Å². The minimum absolute atomic E-state index is 0.145.